The largest absolute Gasteiger partial charge is 0.454 e. The summed E-state index contributed by atoms with van der Waals surface area (Å²) in [6.45, 7) is 3.50. The Bertz CT molecular complexity index is 1510. The summed E-state index contributed by atoms with van der Waals surface area (Å²) in [5, 5.41) is 6.29. The number of hydrazone groups is 1. The molecule has 1 saturated heterocycles. The van der Waals surface area contributed by atoms with Gasteiger partial charge in [0, 0.05) is 38.2 Å². The van der Waals surface area contributed by atoms with Crippen LogP contribution in [0.1, 0.15) is 33.9 Å². The molecule has 218 valence electrons. The van der Waals surface area contributed by atoms with Gasteiger partial charge in [-0.3, -0.25) is 14.5 Å². The normalized spacial score (nSPS) is 18.2. The molecule has 42 heavy (non-hydrogen) atoms. The molecule has 0 radical (unpaired) electrons. The van der Waals surface area contributed by atoms with Crippen molar-refractivity contribution in [3.8, 4) is 11.5 Å². The Kier molecular flexibility index (Phi) is 8.36. The third kappa shape index (κ3) is 5.97. The fourth-order valence-electron chi connectivity index (χ4n) is 5.36. The van der Waals surface area contributed by atoms with Gasteiger partial charge in [0.15, 0.2) is 11.5 Å². The first kappa shape index (κ1) is 28.1. The van der Waals surface area contributed by atoms with Crippen molar-refractivity contribution in [3.63, 3.8) is 0 Å². The molecule has 6 rings (SSSR count). The lowest BCUT2D eigenvalue weighted by atomic mass is 9.97. The van der Waals surface area contributed by atoms with Gasteiger partial charge in [0.1, 0.15) is 12.4 Å². The lowest BCUT2D eigenvalue weighted by molar-refractivity contribution is -0.133. The van der Waals surface area contributed by atoms with Gasteiger partial charge in [-0.05, 0) is 35.9 Å². The minimum atomic E-state index is -0.530. The Balaban J connectivity index is 1.29. The molecule has 0 N–H and O–H groups in total. The second kappa shape index (κ2) is 12.5. The fourth-order valence-corrected chi connectivity index (χ4v) is 5.57. The Morgan fingerprint density at radius 3 is 2.57 bits per heavy atom. The number of benzene rings is 3. The molecule has 9 nitrogen and oxygen atoms in total. The van der Waals surface area contributed by atoms with E-state index in [1.54, 1.807) is 48.5 Å². The molecule has 0 aliphatic carbocycles. The van der Waals surface area contributed by atoms with Crippen molar-refractivity contribution < 1.29 is 28.2 Å². The van der Waals surface area contributed by atoms with Gasteiger partial charge in [-0.1, -0.05) is 48.0 Å². The van der Waals surface area contributed by atoms with Crippen LogP contribution in [0, 0.1) is 5.82 Å². The Hall–Kier alpha value is -3.99. The monoisotopic (exact) mass is 592 g/mol. The summed E-state index contributed by atoms with van der Waals surface area (Å²) in [6, 6.07) is 18.1. The quantitative estimate of drug-likeness (QED) is 0.387. The zero-order chi connectivity index (χ0) is 29.1. The first-order valence-corrected chi connectivity index (χ1v) is 14.2. The molecule has 0 unspecified atom stereocenters. The lowest BCUT2D eigenvalue weighted by Crippen LogP contribution is -2.46. The molecule has 3 aromatic rings. The van der Waals surface area contributed by atoms with Crippen LogP contribution < -0.4 is 9.47 Å². The van der Waals surface area contributed by atoms with E-state index >= 15 is 0 Å². The Labute approximate surface area is 248 Å². The standard InChI is InChI=1S/C31H30ClFN4O5/c32-24-7-3-1-5-22(24)31(39)36(12-11-35-13-15-40-16-14-35)19-30(38)37-27(21-9-10-28-29(17-21)42-20-41-28)18-26(34-37)23-6-2-4-8-25(23)33/h1-10,17,27H,11-16,18-20H2/t27-/m0/s1. The molecule has 2 amide bonds. The second-order valence-electron chi connectivity index (χ2n) is 10.3. The van der Waals surface area contributed by atoms with Crippen molar-refractivity contribution in [2.24, 2.45) is 5.10 Å². The molecule has 11 heteroatoms. The first-order valence-electron chi connectivity index (χ1n) is 13.9. The number of carbonyl (C=O) groups is 2. The number of halogens is 2. The number of rotatable bonds is 8. The average molecular weight is 593 g/mol. The number of amides is 2. The molecular formula is C31H30ClFN4O5. The van der Waals surface area contributed by atoms with Gasteiger partial charge in [-0.2, -0.15) is 5.10 Å². The van der Waals surface area contributed by atoms with E-state index in [1.165, 1.54) is 16.0 Å². The minimum Gasteiger partial charge on any atom is -0.454 e. The van der Waals surface area contributed by atoms with E-state index in [-0.39, 0.29) is 19.2 Å². The van der Waals surface area contributed by atoms with Crippen LogP contribution in [0.3, 0.4) is 0 Å². The van der Waals surface area contributed by atoms with Gasteiger partial charge in [-0.25, -0.2) is 9.40 Å². The van der Waals surface area contributed by atoms with Crippen LogP contribution in [0.5, 0.6) is 11.5 Å². The third-order valence-corrected chi connectivity index (χ3v) is 7.97. The van der Waals surface area contributed by atoms with E-state index in [0.717, 1.165) is 18.7 Å². The maximum absolute atomic E-state index is 14.8. The van der Waals surface area contributed by atoms with Crippen LogP contribution in [-0.2, 0) is 9.53 Å². The molecule has 0 saturated carbocycles. The summed E-state index contributed by atoms with van der Waals surface area (Å²) in [4.78, 5) is 31.4. The summed E-state index contributed by atoms with van der Waals surface area (Å²) in [5.74, 6) is 0.0199. The summed E-state index contributed by atoms with van der Waals surface area (Å²) >= 11 is 6.38. The zero-order valence-corrected chi connectivity index (χ0v) is 23.6. The van der Waals surface area contributed by atoms with Gasteiger partial charge in [0.25, 0.3) is 11.8 Å². The SMILES string of the molecule is O=C(c1ccccc1Cl)N(CCN1CCOCC1)CC(=O)N1N=C(c2ccccc2F)C[C@H]1c1ccc2c(c1)OCO2. The third-order valence-electron chi connectivity index (χ3n) is 7.64. The van der Waals surface area contributed by atoms with E-state index < -0.39 is 17.8 Å². The predicted molar refractivity (Wildman–Crippen MR) is 154 cm³/mol. The highest BCUT2D eigenvalue weighted by atomic mass is 35.5. The molecule has 1 fully saturated rings. The Morgan fingerprint density at radius 1 is 1.00 bits per heavy atom. The van der Waals surface area contributed by atoms with E-state index in [9.17, 15) is 14.0 Å². The van der Waals surface area contributed by atoms with Crippen LogP contribution in [0.4, 0.5) is 4.39 Å². The number of morpholine rings is 1. The van der Waals surface area contributed by atoms with Crippen molar-refractivity contribution in [2.75, 3.05) is 52.7 Å². The van der Waals surface area contributed by atoms with Crippen molar-refractivity contribution in [3.05, 3.63) is 94.3 Å². The maximum atomic E-state index is 14.8. The number of nitrogens with zero attached hydrogens (tertiary/aromatic N) is 4. The second-order valence-corrected chi connectivity index (χ2v) is 10.7. The average Bonchev–Trinajstić information content (AvgIpc) is 3.67. The smallest absolute Gasteiger partial charge is 0.262 e. The number of ether oxygens (including phenoxy) is 3. The van der Waals surface area contributed by atoms with Crippen molar-refractivity contribution in [1.82, 2.24) is 14.8 Å². The number of hydrogen-bond donors (Lipinski definition) is 0. The van der Waals surface area contributed by atoms with Gasteiger partial charge in [0.05, 0.1) is 35.6 Å². The first-order chi connectivity index (χ1) is 20.5. The van der Waals surface area contributed by atoms with E-state index in [4.69, 9.17) is 25.8 Å². The van der Waals surface area contributed by atoms with Gasteiger partial charge < -0.3 is 19.1 Å². The van der Waals surface area contributed by atoms with Crippen LogP contribution in [-0.4, -0.2) is 85.1 Å². The van der Waals surface area contributed by atoms with Gasteiger partial charge >= 0.3 is 0 Å². The molecule has 3 heterocycles. The minimum absolute atomic E-state index is 0.116. The summed E-state index contributed by atoms with van der Waals surface area (Å²) < 4.78 is 31.3. The van der Waals surface area contributed by atoms with E-state index in [0.29, 0.717) is 66.1 Å². The molecule has 3 aliphatic rings. The highest BCUT2D eigenvalue weighted by Gasteiger charge is 2.36. The molecule has 0 aromatic heterocycles. The molecule has 3 aromatic carbocycles. The summed E-state index contributed by atoms with van der Waals surface area (Å²) in [7, 11) is 0. The Morgan fingerprint density at radius 2 is 1.76 bits per heavy atom. The summed E-state index contributed by atoms with van der Waals surface area (Å²) in [5.41, 5.74) is 1.86. The van der Waals surface area contributed by atoms with Crippen molar-refractivity contribution >= 4 is 29.1 Å². The van der Waals surface area contributed by atoms with Crippen LogP contribution in [0.15, 0.2) is 71.8 Å². The van der Waals surface area contributed by atoms with Crippen molar-refractivity contribution in [2.45, 2.75) is 12.5 Å². The van der Waals surface area contributed by atoms with Crippen LogP contribution in [0.2, 0.25) is 5.02 Å². The summed E-state index contributed by atoms with van der Waals surface area (Å²) in [6.07, 6.45) is 0.290. The fraction of sp³-hybridized carbons (Fsp3) is 0.323. The van der Waals surface area contributed by atoms with Gasteiger partial charge in [-0.15, -0.1) is 0 Å². The lowest BCUT2D eigenvalue weighted by Gasteiger charge is -2.31. The zero-order valence-electron chi connectivity index (χ0n) is 22.9. The van der Waals surface area contributed by atoms with Crippen LogP contribution in [0.25, 0.3) is 0 Å². The molecule has 0 bridgehead atoms. The number of carbonyl (C=O) groups excluding carboxylic acids is 2. The molecule has 0 spiro atoms. The topological polar surface area (TPSA) is 83.9 Å². The van der Waals surface area contributed by atoms with Gasteiger partial charge in [0.2, 0.25) is 6.79 Å². The molecular weight excluding hydrogens is 563 g/mol. The number of hydrogen-bond acceptors (Lipinski definition) is 7. The predicted octanol–water partition coefficient (Wildman–Crippen LogP) is 4.36. The maximum Gasteiger partial charge on any atom is 0.262 e. The molecule has 1 atom stereocenters. The van der Waals surface area contributed by atoms with Crippen molar-refractivity contribution in [1.29, 1.82) is 0 Å². The van der Waals surface area contributed by atoms with E-state index in [1.807, 2.05) is 12.1 Å². The van der Waals surface area contributed by atoms with E-state index in [2.05, 4.69) is 10.0 Å². The molecule has 3 aliphatic heterocycles. The number of fused-ring (bicyclic) bond motifs is 1. The highest BCUT2D eigenvalue weighted by molar-refractivity contribution is 6.33. The highest BCUT2D eigenvalue weighted by Crippen LogP contribution is 2.39. The van der Waals surface area contributed by atoms with Crippen LogP contribution >= 0.6 is 11.6 Å².